The number of rotatable bonds is 7. The van der Waals surface area contributed by atoms with E-state index < -0.39 is 0 Å². The van der Waals surface area contributed by atoms with Crippen molar-refractivity contribution in [1.82, 2.24) is 14.9 Å². The Morgan fingerprint density at radius 2 is 1.75 bits per heavy atom. The average Bonchev–Trinajstić information content (AvgIpc) is 3.32. The summed E-state index contributed by atoms with van der Waals surface area (Å²) in [4.78, 5) is 11.8. The van der Waals surface area contributed by atoms with Crippen LogP contribution in [-0.4, -0.2) is 47.2 Å². The van der Waals surface area contributed by atoms with E-state index in [2.05, 4.69) is 45.5 Å². The topological polar surface area (TPSA) is 59.5 Å². The predicted molar refractivity (Wildman–Crippen MR) is 146 cm³/mol. The number of hydrogen-bond acceptors (Lipinski definition) is 7. The molecule has 2 aromatic heterocycles. The summed E-state index contributed by atoms with van der Waals surface area (Å²) in [5.74, 6) is 1.59. The van der Waals surface area contributed by atoms with Crippen LogP contribution in [0, 0.1) is 0 Å². The van der Waals surface area contributed by atoms with E-state index in [1.54, 1.807) is 11.3 Å². The van der Waals surface area contributed by atoms with E-state index in [0.29, 0.717) is 6.04 Å². The van der Waals surface area contributed by atoms with Crippen LogP contribution < -0.4 is 10.1 Å². The number of fused-ring (bicyclic) bond motifs is 1. The Kier molecular flexibility index (Phi) is 7.12. The van der Waals surface area contributed by atoms with Gasteiger partial charge in [-0.05, 0) is 36.6 Å². The number of anilines is 1. The second-order valence-electron chi connectivity index (χ2n) is 9.69. The Labute approximate surface area is 216 Å². The Hall–Kier alpha value is -3.00. The SMILES string of the molecule is c1cc(Oc2ccc3nc(NC4CCCCC4)sc3c2)cc(-c2ccc(CN3CCOCC3)cc2)n1. The Bertz CT molecular complexity index is 1290. The zero-order valence-corrected chi connectivity index (χ0v) is 21.3. The van der Waals surface area contributed by atoms with Crippen molar-refractivity contribution in [3.8, 4) is 22.8 Å². The van der Waals surface area contributed by atoms with Crippen LogP contribution >= 0.6 is 11.3 Å². The first-order valence-corrected chi connectivity index (χ1v) is 13.8. The maximum Gasteiger partial charge on any atom is 0.184 e. The lowest BCUT2D eigenvalue weighted by Gasteiger charge is -2.26. The molecule has 0 atom stereocenters. The molecule has 4 aromatic rings. The molecule has 6 nitrogen and oxygen atoms in total. The molecule has 0 unspecified atom stereocenters. The van der Waals surface area contributed by atoms with Gasteiger partial charge in [0.05, 0.1) is 29.1 Å². The van der Waals surface area contributed by atoms with Crippen molar-refractivity contribution >= 4 is 26.7 Å². The van der Waals surface area contributed by atoms with Crippen LogP contribution in [0.25, 0.3) is 21.5 Å². The maximum atomic E-state index is 6.23. The van der Waals surface area contributed by atoms with Gasteiger partial charge in [-0.3, -0.25) is 9.88 Å². The Balaban J connectivity index is 1.13. The molecule has 2 fully saturated rings. The van der Waals surface area contributed by atoms with Gasteiger partial charge in [-0.15, -0.1) is 0 Å². The molecule has 7 heteroatoms. The molecule has 186 valence electrons. The van der Waals surface area contributed by atoms with Crippen LogP contribution in [0.4, 0.5) is 5.13 Å². The number of thiazole rings is 1. The first-order valence-electron chi connectivity index (χ1n) is 13.0. The molecule has 1 saturated carbocycles. The molecule has 2 aromatic carbocycles. The first kappa shape index (κ1) is 23.4. The second kappa shape index (κ2) is 10.9. The average molecular weight is 501 g/mol. The number of benzene rings is 2. The lowest BCUT2D eigenvalue weighted by molar-refractivity contribution is 0.0342. The summed E-state index contributed by atoms with van der Waals surface area (Å²) in [6.07, 6.45) is 8.27. The molecular formula is C29H32N4O2S. The molecule has 0 spiro atoms. The molecule has 1 aliphatic carbocycles. The lowest BCUT2D eigenvalue weighted by atomic mass is 9.96. The highest BCUT2D eigenvalue weighted by Gasteiger charge is 2.15. The standard InChI is InChI=1S/C29H32N4O2S/c1-2-4-23(5-3-1)31-29-32-26-11-10-24(19-28(26)36-29)35-25-12-13-30-27(18-25)22-8-6-21(7-9-22)20-33-14-16-34-17-15-33/h6-13,18-19,23H,1-5,14-17,20H2,(H,31,32). The fourth-order valence-electron chi connectivity index (χ4n) is 5.02. The maximum absolute atomic E-state index is 6.23. The lowest BCUT2D eigenvalue weighted by Crippen LogP contribution is -2.35. The number of nitrogens with one attached hydrogen (secondary N) is 1. The number of aromatic nitrogens is 2. The van der Waals surface area contributed by atoms with E-state index in [9.17, 15) is 0 Å². The minimum Gasteiger partial charge on any atom is -0.457 e. The van der Waals surface area contributed by atoms with E-state index in [-0.39, 0.29) is 0 Å². The van der Waals surface area contributed by atoms with E-state index in [1.807, 2.05) is 30.5 Å². The van der Waals surface area contributed by atoms with Crippen LogP contribution in [0.5, 0.6) is 11.5 Å². The second-order valence-corrected chi connectivity index (χ2v) is 10.7. The summed E-state index contributed by atoms with van der Waals surface area (Å²) in [6.45, 7) is 4.59. The zero-order valence-electron chi connectivity index (χ0n) is 20.5. The minimum atomic E-state index is 0.554. The van der Waals surface area contributed by atoms with Gasteiger partial charge in [0, 0.05) is 49.6 Å². The van der Waals surface area contributed by atoms with Crippen LogP contribution in [0.1, 0.15) is 37.7 Å². The van der Waals surface area contributed by atoms with Gasteiger partial charge in [0.15, 0.2) is 5.13 Å². The van der Waals surface area contributed by atoms with E-state index in [1.165, 1.54) is 37.7 Å². The van der Waals surface area contributed by atoms with Crippen LogP contribution in [0.3, 0.4) is 0 Å². The van der Waals surface area contributed by atoms with Gasteiger partial charge in [-0.2, -0.15) is 0 Å². The smallest absolute Gasteiger partial charge is 0.184 e. The van der Waals surface area contributed by atoms with Crippen molar-refractivity contribution in [1.29, 1.82) is 0 Å². The monoisotopic (exact) mass is 500 g/mol. The number of hydrogen-bond donors (Lipinski definition) is 1. The van der Waals surface area contributed by atoms with Gasteiger partial charge in [0.25, 0.3) is 0 Å². The molecule has 2 aliphatic rings. The van der Waals surface area contributed by atoms with Gasteiger partial charge < -0.3 is 14.8 Å². The fourth-order valence-corrected chi connectivity index (χ4v) is 5.99. The number of pyridine rings is 1. The van der Waals surface area contributed by atoms with Crippen molar-refractivity contribution in [3.05, 3.63) is 66.4 Å². The van der Waals surface area contributed by atoms with Gasteiger partial charge in [0.2, 0.25) is 0 Å². The van der Waals surface area contributed by atoms with Gasteiger partial charge in [-0.25, -0.2) is 4.98 Å². The third-order valence-corrected chi connectivity index (χ3v) is 7.97. The predicted octanol–water partition coefficient (Wildman–Crippen LogP) is 6.73. The number of nitrogens with zero attached hydrogens (tertiary/aromatic N) is 3. The van der Waals surface area contributed by atoms with Crippen molar-refractivity contribution in [2.24, 2.45) is 0 Å². The highest BCUT2D eigenvalue weighted by Crippen LogP contribution is 2.33. The third kappa shape index (κ3) is 5.69. The molecule has 1 aliphatic heterocycles. The van der Waals surface area contributed by atoms with Crippen LogP contribution in [-0.2, 0) is 11.3 Å². The third-order valence-electron chi connectivity index (χ3n) is 7.02. The summed E-state index contributed by atoms with van der Waals surface area (Å²) >= 11 is 1.70. The van der Waals surface area contributed by atoms with E-state index >= 15 is 0 Å². The highest BCUT2D eigenvalue weighted by molar-refractivity contribution is 7.22. The molecule has 0 amide bonds. The van der Waals surface area contributed by atoms with Gasteiger partial charge in [0.1, 0.15) is 11.5 Å². The number of ether oxygens (including phenoxy) is 2. The normalized spacial score (nSPS) is 17.3. The summed E-state index contributed by atoms with van der Waals surface area (Å²) < 4.78 is 12.8. The summed E-state index contributed by atoms with van der Waals surface area (Å²) in [7, 11) is 0. The summed E-state index contributed by atoms with van der Waals surface area (Å²) in [6, 6.07) is 19.3. The molecular weight excluding hydrogens is 468 g/mol. The molecule has 36 heavy (non-hydrogen) atoms. The first-order chi connectivity index (χ1) is 17.8. The fraction of sp³-hybridized carbons (Fsp3) is 0.379. The quantitative estimate of drug-likeness (QED) is 0.304. The summed E-state index contributed by atoms with van der Waals surface area (Å²) in [5, 5.41) is 4.65. The minimum absolute atomic E-state index is 0.554. The van der Waals surface area contributed by atoms with E-state index in [0.717, 1.165) is 71.0 Å². The Morgan fingerprint density at radius 3 is 2.58 bits per heavy atom. The highest BCUT2D eigenvalue weighted by atomic mass is 32.1. The van der Waals surface area contributed by atoms with Crippen molar-refractivity contribution in [2.45, 2.75) is 44.7 Å². The van der Waals surface area contributed by atoms with Crippen LogP contribution in [0.15, 0.2) is 60.8 Å². The Morgan fingerprint density at radius 1 is 0.944 bits per heavy atom. The van der Waals surface area contributed by atoms with Gasteiger partial charge >= 0.3 is 0 Å². The molecule has 0 radical (unpaired) electrons. The molecule has 6 rings (SSSR count). The molecule has 1 N–H and O–H groups in total. The van der Waals surface area contributed by atoms with Crippen molar-refractivity contribution in [2.75, 3.05) is 31.6 Å². The van der Waals surface area contributed by atoms with Crippen molar-refractivity contribution in [3.63, 3.8) is 0 Å². The largest absolute Gasteiger partial charge is 0.457 e. The molecule has 1 saturated heterocycles. The summed E-state index contributed by atoms with van der Waals surface area (Å²) in [5.41, 5.74) is 4.31. The number of morpholine rings is 1. The van der Waals surface area contributed by atoms with Crippen LogP contribution in [0.2, 0.25) is 0 Å². The zero-order chi connectivity index (χ0) is 24.2. The van der Waals surface area contributed by atoms with E-state index in [4.69, 9.17) is 14.5 Å². The van der Waals surface area contributed by atoms with Crippen molar-refractivity contribution < 1.29 is 9.47 Å². The molecule has 0 bridgehead atoms. The molecule has 3 heterocycles. The van der Waals surface area contributed by atoms with Gasteiger partial charge in [-0.1, -0.05) is 54.9 Å².